The monoisotopic (exact) mass is 361 g/mol. The topological polar surface area (TPSA) is 97.8 Å². The smallest absolute Gasteiger partial charge is 0.405 e. The highest BCUT2D eigenvalue weighted by molar-refractivity contribution is 5.85. The number of rotatable bonds is 5. The Balaban J connectivity index is 1.57. The van der Waals surface area contributed by atoms with Crippen LogP contribution in [0.2, 0.25) is 0 Å². The van der Waals surface area contributed by atoms with Gasteiger partial charge < -0.3 is 25.5 Å². The third kappa shape index (κ3) is 4.85. The molecule has 3 rings (SSSR count). The van der Waals surface area contributed by atoms with Gasteiger partial charge in [-0.15, -0.1) is 0 Å². The van der Waals surface area contributed by atoms with E-state index in [1.807, 2.05) is 12.1 Å². The molecule has 0 aliphatic carbocycles. The summed E-state index contributed by atoms with van der Waals surface area (Å²) < 4.78 is 0. The van der Waals surface area contributed by atoms with Crippen LogP contribution < -0.4 is 15.5 Å². The van der Waals surface area contributed by atoms with Gasteiger partial charge in [0.05, 0.1) is 0 Å². The Morgan fingerprint density at radius 3 is 2.46 bits per heavy atom. The first kappa shape index (κ1) is 18.4. The first-order valence-electron chi connectivity index (χ1n) is 9.27. The quantitative estimate of drug-likeness (QED) is 0.716. The van der Waals surface area contributed by atoms with Gasteiger partial charge in [0.2, 0.25) is 5.91 Å². The maximum atomic E-state index is 12.9. The number of nitrogens with one attached hydrogen (secondary N) is 2. The van der Waals surface area contributed by atoms with Gasteiger partial charge in [-0.25, -0.2) is 4.79 Å². The highest BCUT2D eigenvalue weighted by Crippen LogP contribution is 2.20. The largest absolute Gasteiger partial charge is 0.465 e. The summed E-state index contributed by atoms with van der Waals surface area (Å²) >= 11 is 0. The summed E-state index contributed by atoms with van der Waals surface area (Å²) in [6.45, 7) is 4.55. The van der Waals surface area contributed by atoms with Crippen LogP contribution in [-0.2, 0) is 4.79 Å². The highest BCUT2D eigenvalue weighted by atomic mass is 16.4. The zero-order valence-corrected chi connectivity index (χ0v) is 14.9. The van der Waals surface area contributed by atoms with Crippen molar-refractivity contribution in [2.24, 2.45) is 5.92 Å². The van der Waals surface area contributed by atoms with Crippen LogP contribution in [-0.4, -0.2) is 72.3 Å². The second-order valence-electron chi connectivity index (χ2n) is 6.95. The number of carboxylic acid groups (broad SMARTS) is 1. The van der Waals surface area contributed by atoms with Crippen molar-refractivity contribution in [1.82, 2.24) is 20.5 Å². The van der Waals surface area contributed by atoms with E-state index in [4.69, 9.17) is 5.11 Å². The summed E-state index contributed by atoms with van der Waals surface area (Å²) in [6.07, 6.45) is 4.95. The van der Waals surface area contributed by atoms with E-state index in [1.165, 1.54) is 0 Å². The fraction of sp³-hybridized carbons (Fsp3) is 0.611. The van der Waals surface area contributed by atoms with E-state index in [-0.39, 0.29) is 5.91 Å². The molecule has 2 aliphatic heterocycles. The number of piperidine rings is 1. The molecule has 0 bridgehead atoms. The highest BCUT2D eigenvalue weighted by Gasteiger charge is 2.31. The minimum Gasteiger partial charge on any atom is -0.465 e. The van der Waals surface area contributed by atoms with E-state index < -0.39 is 12.1 Å². The molecule has 26 heavy (non-hydrogen) atoms. The molecule has 2 fully saturated rings. The van der Waals surface area contributed by atoms with Gasteiger partial charge in [0, 0.05) is 44.3 Å². The van der Waals surface area contributed by atoms with Crippen molar-refractivity contribution in [3.05, 3.63) is 24.5 Å². The van der Waals surface area contributed by atoms with Crippen molar-refractivity contribution in [1.29, 1.82) is 0 Å². The number of hydrogen-bond acceptors (Lipinski definition) is 5. The molecule has 0 saturated carbocycles. The third-order valence-corrected chi connectivity index (χ3v) is 5.24. The average Bonchev–Trinajstić information content (AvgIpc) is 2.68. The molecule has 0 unspecified atom stereocenters. The number of amides is 2. The number of carbonyl (C=O) groups excluding carboxylic acids is 1. The first-order valence-corrected chi connectivity index (χ1v) is 9.27. The predicted octanol–water partition coefficient (Wildman–Crippen LogP) is 0.756. The Hall–Kier alpha value is -2.35. The minimum atomic E-state index is -1.13. The number of piperazine rings is 1. The lowest BCUT2D eigenvalue weighted by Gasteiger charge is -2.38. The number of carbonyl (C=O) groups is 2. The zero-order chi connectivity index (χ0) is 18.4. The fourth-order valence-corrected chi connectivity index (χ4v) is 3.78. The molecule has 8 heteroatoms. The third-order valence-electron chi connectivity index (χ3n) is 5.24. The average molecular weight is 361 g/mol. The van der Waals surface area contributed by atoms with E-state index in [9.17, 15) is 9.59 Å². The SMILES string of the molecule is O=C(O)N[C@@H](CC1CCNCC1)C(=O)N1CCN(c2ccncc2)CC1. The van der Waals surface area contributed by atoms with E-state index in [1.54, 1.807) is 17.3 Å². The molecule has 8 nitrogen and oxygen atoms in total. The van der Waals surface area contributed by atoms with Gasteiger partial charge in [-0.2, -0.15) is 0 Å². The molecule has 2 saturated heterocycles. The second-order valence-corrected chi connectivity index (χ2v) is 6.95. The van der Waals surface area contributed by atoms with Crippen molar-refractivity contribution in [3.63, 3.8) is 0 Å². The van der Waals surface area contributed by atoms with Gasteiger partial charge >= 0.3 is 6.09 Å². The summed E-state index contributed by atoms with van der Waals surface area (Å²) in [7, 11) is 0. The Labute approximate surface area is 153 Å². The molecule has 0 spiro atoms. The maximum absolute atomic E-state index is 12.9. The van der Waals surface area contributed by atoms with Crippen LogP contribution in [0, 0.1) is 5.92 Å². The Morgan fingerprint density at radius 1 is 1.19 bits per heavy atom. The van der Waals surface area contributed by atoms with Crippen LogP contribution >= 0.6 is 0 Å². The van der Waals surface area contributed by atoms with Gasteiger partial charge in [0.15, 0.2) is 0 Å². The predicted molar refractivity (Wildman–Crippen MR) is 98.2 cm³/mol. The summed E-state index contributed by atoms with van der Waals surface area (Å²) in [5.41, 5.74) is 1.10. The molecule has 0 aromatic carbocycles. The zero-order valence-electron chi connectivity index (χ0n) is 14.9. The normalized spacial score (nSPS) is 19.8. The summed E-state index contributed by atoms with van der Waals surface area (Å²) in [6, 6.07) is 3.27. The van der Waals surface area contributed by atoms with Crippen LogP contribution in [0.4, 0.5) is 10.5 Å². The lowest BCUT2D eigenvalue weighted by molar-refractivity contribution is -0.134. The lowest BCUT2D eigenvalue weighted by atomic mass is 9.90. The van der Waals surface area contributed by atoms with E-state index in [0.717, 1.165) is 44.7 Å². The van der Waals surface area contributed by atoms with Crippen LogP contribution in [0.15, 0.2) is 24.5 Å². The summed E-state index contributed by atoms with van der Waals surface area (Å²) in [4.78, 5) is 32.1. The number of pyridine rings is 1. The van der Waals surface area contributed by atoms with Crippen molar-refractivity contribution in [2.45, 2.75) is 25.3 Å². The molecule has 1 aromatic rings. The van der Waals surface area contributed by atoms with E-state index in [0.29, 0.717) is 25.4 Å². The molecule has 2 amide bonds. The van der Waals surface area contributed by atoms with Crippen LogP contribution in [0.5, 0.6) is 0 Å². The molecule has 1 aromatic heterocycles. The van der Waals surface area contributed by atoms with Crippen LogP contribution in [0.3, 0.4) is 0 Å². The van der Waals surface area contributed by atoms with Gasteiger partial charge in [0.25, 0.3) is 0 Å². The summed E-state index contributed by atoms with van der Waals surface area (Å²) in [5, 5.41) is 14.9. The molecule has 142 valence electrons. The van der Waals surface area contributed by atoms with Crippen LogP contribution in [0.25, 0.3) is 0 Å². The molecule has 1 atom stereocenters. The van der Waals surface area contributed by atoms with Crippen molar-refractivity contribution < 1.29 is 14.7 Å². The van der Waals surface area contributed by atoms with Gasteiger partial charge in [-0.1, -0.05) is 0 Å². The lowest BCUT2D eigenvalue weighted by Crippen LogP contribution is -2.55. The Kier molecular flexibility index (Phi) is 6.27. The van der Waals surface area contributed by atoms with Gasteiger partial charge in [-0.05, 0) is 50.4 Å². The van der Waals surface area contributed by atoms with Crippen LogP contribution in [0.1, 0.15) is 19.3 Å². The molecule has 0 radical (unpaired) electrons. The molecular weight excluding hydrogens is 334 g/mol. The molecular formula is C18H27N5O3. The van der Waals surface area contributed by atoms with Crippen molar-refractivity contribution in [2.75, 3.05) is 44.2 Å². The first-order chi connectivity index (χ1) is 12.6. The van der Waals surface area contributed by atoms with Gasteiger partial charge in [-0.3, -0.25) is 9.78 Å². The second kappa shape index (κ2) is 8.84. The molecule has 2 aliphatic rings. The molecule has 3 N–H and O–H groups in total. The molecule has 3 heterocycles. The number of anilines is 1. The Bertz CT molecular complexity index is 598. The van der Waals surface area contributed by atoms with Crippen molar-refractivity contribution >= 4 is 17.7 Å². The minimum absolute atomic E-state index is 0.0969. The van der Waals surface area contributed by atoms with E-state index >= 15 is 0 Å². The standard InChI is InChI=1S/C18H27N5O3/c24-17(16(21-18(25)26)13-14-1-5-19-6-2-14)23-11-9-22(10-12-23)15-3-7-20-8-4-15/h3-4,7-8,14,16,19,21H,1-2,5-6,9-13H2,(H,25,26)/t16-/m0/s1. The Morgan fingerprint density at radius 2 is 1.85 bits per heavy atom. The summed E-state index contributed by atoms with van der Waals surface area (Å²) in [5.74, 6) is 0.287. The van der Waals surface area contributed by atoms with E-state index in [2.05, 4.69) is 20.5 Å². The number of hydrogen-bond donors (Lipinski definition) is 3. The maximum Gasteiger partial charge on any atom is 0.405 e. The van der Waals surface area contributed by atoms with Gasteiger partial charge in [0.1, 0.15) is 6.04 Å². The van der Waals surface area contributed by atoms with Crippen molar-refractivity contribution in [3.8, 4) is 0 Å². The number of aromatic nitrogens is 1. The fourth-order valence-electron chi connectivity index (χ4n) is 3.78. The number of nitrogens with zero attached hydrogens (tertiary/aromatic N) is 3.